The Labute approximate surface area is 105 Å². The van der Waals surface area contributed by atoms with E-state index < -0.39 is 0 Å². The molecule has 1 heterocycles. The van der Waals surface area contributed by atoms with Gasteiger partial charge in [0.15, 0.2) is 0 Å². The Morgan fingerprint density at radius 1 is 1.22 bits per heavy atom. The fraction of sp³-hybridized carbons (Fsp3) is 0.154. The number of pyridine rings is 1. The second-order valence-electron chi connectivity index (χ2n) is 4.03. The highest BCUT2D eigenvalue weighted by Gasteiger charge is 2.13. The van der Waals surface area contributed by atoms with Crippen molar-refractivity contribution in [3.63, 3.8) is 0 Å². The van der Waals surface area contributed by atoms with E-state index in [1.165, 1.54) is 12.1 Å². The third kappa shape index (κ3) is 2.82. The Morgan fingerprint density at radius 3 is 2.56 bits per heavy atom. The maximum Gasteiger partial charge on any atom is 0.128 e. The van der Waals surface area contributed by atoms with Gasteiger partial charge in [0.05, 0.1) is 6.04 Å². The van der Waals surface area contributed by atoms with E-state index in [2.05, 4.69) is 10.4 Å². The first-order valence-corrected chi connectivity index (χ1v) is 5.61. The van der Waals surface area contributed by atoms with Crippen LogP contribution in [0.3, 0.4) is 0 Å². The van der Waals surface area contributed by atoms with E-state index in [4.69, 9.17) is 11.6 Å². The van der Waals surface area contributed by atoms with Crippen molar-refractivity contribution >= 4 is 5.82 Å². The zero-order chi connectivity index (χ0) is 13.0. The molecule has 0 bridgehead atoms. The third-order valence-corrected chi connectivity index (χ3v) is 2.80. The van der Waals surface area contributed by atoms with Gasteiger partial charge in [-0.3, -0.25) is 11.3 Å². The molecule has 0 aliphatic heterocycles. The Balaban J connectivity index is 2.20. The molecule has 94 valence electrons. The molecule has 0 amide bonds. The highest BCUT2D eigenvalue weighted by molar-refractivity contribution is 5.41. The Kier molecular flexibility index (Phi) is 3.86. The number of halogens is 1. The van der Waals surface area contributed by atoms with Gasteiger partial charge in [-0.1, -0.05) is 18.2 Å². The first kappa shape index (κ1) is 12.5. The van der Waals surface area contributed by atoms with E-state index in [0.29, 0.717) is 12.2 Å². The van der Waals surface area contributed by atoms with E-state index in [1.807, 2.05) is 6.07 Å². The van der Waals surface area contributed by atoms with Gasteiger partial charge in [0.1, 0.15) is 11.6 Å². The van der Waals surface area contributed by atoms with Gasteiger partial charge < -0.3 is 5.73 Å². The average molecular weight is 246 g/mol. The van der Waals surface area contributed by atoms with Crippen molar-refractivity contribution in [1.82, 2.24) is 10.4 Å². The molecule has 0 radical (unpaired) electrons. The summed E-state index contributed by atoms with van der Waals surface area (Å²) in [6.45, 7) is 0. The van der Waals surface area contributed by atoms with Gasteiger partial charge in [0.2, 0.25) is 0 Å². The molecule has 0 saturated carbocycles. The molecule has 5 heteroatoms. The number of rotatable bonds is 4. The molecule has 0 fully saturated rings. The maximum atomic E-state index is 12.8. The topological polar surface area (TPSA) is 77.0 Å². The number of nitrogen functional groups attached to an aromatic ring is 1. The van der Waals surface area contributed by atoms with Crippen LogP contribution in [0.2, 0.25) is 0 Å². The predicted molar refractivity (Wildman–Crippen MR) is 68.8 cm³/mol. The summed E-state index contributed by atoms with van der Waals surface area (Å²) in [5.41, 5.74) is 10.3. The van der Waals surface area contributed by atoms with Crippen molar-refractivity contribution in [3.05, 3.63) is 59.5 Å². The lowest BCUT2D eigenvalue weighted by molar-refractivity contribution is 0.551. The Bertz CT molecular complexity index is 513. The molecule has 4 nitrogen and oxygen atoms in total. The number of nitrogens with one attached hydrogen (secondary N) is 1. The number of nitrogens with two attached hydrogens (primary N) is 2. The van der Waals surface area contributed by atoms with E-state index in [1.54, 1.807) is 24.4 Å². The zero-order valence-electron chi connectivity index (χ0n) is 9.81. The van der Waals surface area contributed by atoms with Crippen LogP contribution in [0.25, 0.3) is 0 Å². The van der Waals surface area contributed by atoms with Gasteiger partial charge in [-0.25, -0.2) is 9.37 Å². The summed E-state index contributed by atoms with van der Waals surface area (Å²) in [5.74, 6) is 5.74. The molecule has 18 heavy (non-hydrogen) atoms. The summed E-state index contributed by atoms with van der Waals surface area (Å²) >= 11 is 0. The normalized spacial score (nSPS) is 12.3. The predicted octanol–water partition coefficient (Wildman–Crippen LogP) is 1.55. The summed E-state index contributed by atoms with van der Waals surface area (Å²) in [6.07, 6.45) is 2.25. The monoisotopic (exact) mass is 246 g/mol. The highest BCUT2D eigenvalue weighted by Crippen LogP contribution is 2.21. The van der Waals surface area contributed by atoms with Crippen LogP contribution in [0.4, 0.5) is 10.2 Å². The molecule has 1 atom stereocenters. The number of hydrazine groups is 1. The van der Waals surface area contributed by atoms with Crippen LogP contribution >= 0.6 is 0 Å². The molecule has 1 unspecified atom stereocenters. The molecule has 1 aromatic heterocycles. The highest BCUT2D eigenvalue weighted by atomic mass is 19.1. The van der Waals surface area contributed by atoms with E-state index in [9.17, 15) is 4.39 Å². The SMILES string of the molecule is NNC(Cc1ccc(F)cc1)c1cccnc1N. The molecular weight excluding hydrogens is 231 g/mol. The van der Waals surface area contributed by atoms with Crippen molar-refractivity contribution in [2.24, 2.45) is 5.84 Å². The van der Waals surface area contributed by atoms with Gasteiger partial charge in [-0.15, -0.1) is 0 Å². The number of hydrogen-bond acceptors (Lipinski definition) is 4. The number of benzene rings is 1. The van der Waals surface area contributed by atoms with Gasteiger partial charge in [0.25, 0.3) is 0 Å². The molecule has 0 aliphatic carbocycles. The van der Waals surface area contributed by atoms with Crippen molar-refractivity contribution < 1.29 is 4.39 Å². The minimum atomic E-state index is -0.253. The van der Waals surface area contributed by atoms with E-state index >= 15 is 0 Å². The van der Waals surface area contributed by atoms with Gasteiger partial charge in [0, 0.05) is 11.8 Å². The summed E-state index contributed by atoms with van der Waals surface area (Å²) in [4.78, 5) is 4.03. The number of hydrogen-bond donors (Lipinski definition) is 3. The lowest BCUT2D eigenvalue weighted by Crippen LogP contribution is -2.30. The molecule has 2 rings (SSSR count). The molecule has 0 saturated heterocycles. The first-order valence-electron chi connectivity index (χ1n) is 5.61. The van der Waals surface area contributed by atoms with Crippen LogP contribution in [0.5, 0.6) is 0 Å². The third-order valence-electron chi connectivity index (χ3n) is 2.80. The molecular formula is C13H15FN4. The van der Waals surface area contributed by atoms with Crippen LogP contribution in [-0.2, 0) is 6.42 Å². The number of anilines is 1. The van der Waals surface area contributed by atoms with Gasteiger partial charge in [-0.2, -0.15) is 0 Å². The lowest BCUT2D eigenvalue weighted by Gasteiger charge is -2.17. The molecule has 1 aromatic carbocycles. The van der Waals surface area contributed by atoms with Crippen molar-refractivity contribution in [3.8, 4) is 0 Å². The minimum Gasteiger partial charge on any atom is -0.383 e. The molecule has 5 N–H and O–H groups in total. The second kappa shape index (κ2) is 5.57. The zero-order valence-corrected chi connectivity index (χ0v) is 9.81. The fourth-order valence-electron chi connectivity index (χ4n) is 1.84. The fourth-order valence-corrected chi connectivity index (χ4v) is 1.84. The van der Waals surface area contributed by atoms with Crippen molar-refractivity contribution in [1.29, 1.82) is 0 Å². The largest absolute Gasteiger partial charge is 0.383 e. The van der Waals surface area contributed by atoms with Crippen LogP contribution in [0.15, 0.2) is 42.6 Å². The number of nitrogens with zero attached hydrogens (tertiary/aromatic N) is 1. The summed E-state index contributed by atoms with van der Waals surface area (Å²) in [7, 11) is 0. The summed E-state index contributed by atoms with van der Waals surface area (Å²) < 4.78 is 12.8. The Morgan fingerprint density at radius 2 is 1.94 bits per heavy atom. The van der Waals surface area contributed by atoms with Gasteiger partial charge >= 0.3 is 0 Å². The second-order valence-corrected chi connectivity index (χ2v) is 4.03. The first-order chi connectivity index (χ1) is 8.70. The lowest BCUT2D eigenvalue weighted by atomic mass is 10.00. The van der Waals surface area contributed by atoms with Crippen molar-refractivity contribution in [2.45, 2.75) is 12.5 Å². The summed E-state index contributed by atoms with van der Waals surface area (Å²) in [5, 5.41) is 0. The minimum absolute atomic E-state index is 0.149. The smallest absolute Gasteiger partial charge is 0.128 e. The van der Waals surface area contributed by atoms with E-state index in [-0.39, 0.29) is 11.9 Å². The molecule has 0 spiro atoms. The van der Waals surface area contributed by atoms with Crippen LogP contribution < -0.4 is 17.0 Å². The van der Waals surface area contributed by atoms with Crippen LogP contribution in [0.1, 0.15) is 17.2 Å². The average Bonchev–Trinajstić information content (AvgIpc) is 2.39. The molecule has 2 aromatic rings. The number of aromatic nitrogens is 1. The van der Waals surface area contributed by atoms with Crippen LogP contribution in [0, 0.1) is 5.82 Å². The molecule has 0 aliphatic rings. The standard InChI is InChI=1S/C13H15FN4/c14-10-5-3-9(4-6-10)8-12(18-16)11-2-1-7-17-13(11)15/h1-7,12,18H,8,16H2,(H2,15,17). The van der Waals surface area contributed by atoms with E-state index in [0.717, 1.165) is 11.1 Å². The van der Waals surface area contributed by atoms with Crippen molar-refractivity contribution in [2.75, 3.05) is 5.73 Å². The maximum absolute atomic E-state index is 12.8. The van der Waals surface area contributed by atoms with Gasteiger partial charge in [-0.05, 0) is 30.2 Å². The quantitative estimate of drug-likeness (QED) is 0.565. The summed E-state index contributed by atoms with van der Waals surface area (Å²) in [6, 6.07) is 9.84. The Hall–Kier alpha value is -1.98. The van der Waals surface area contributed by atoms with Crippen LogP contribution in [-0.4, -0.2) is 4.98 Å².